The van der Waals surface area contributed by atoms with Crippen LogP contribution in [0.3, 0.4) is 0 Å². The summed E-state index contributed by atoms with van der Waals surface area (Å²) in [4.78, 5) is 33.7. The van der Waals surface area contributed by atoms with E-state index in [-0.39, 0.29) is 23.0 Å². The van der Waals surface area contributed by atoms with Crippen molar-refractivity contribution in [1.29, 1.82) is 0 Å². The van der Waals surface area contributed by atoms with Crippen molar-refractivity contribution in [1.82, 2.24) is 10.2 Å². The molecule has 0 aliphatic rings. The van der Waals surface area contributed by atoms with Crippen LogP contribution < -0.4 is 10.9 Å². The number of nitro benzene ring substituents is 1. The molecular weight excluding hydrogens is 308 g/mol. The van der Waals surface area contributed by atoms with Crippen molar-refractivity contribution >= 4 is 29.2 Å². The highest BCUT2D eigenvalue weighted by atomic mass is 32.2. The number of nitrogens with one attached hydrogen (secondary N) is 2. The summed E-state index contributed by atoms with van der Waals surface area (Å²) >= 11 is 1.26. The van der Waals surface area contributed by atoms with Crippen molar-refractivity contribution in [2.24, 2.45) is 0 Å². The van der Waals surface area contributed by atoms with E-state index in [1.54, 1.807) is 19.1 Å². The normalized spacial score (nSPS) is 11.7. The second-order valence-electron chi connectivity index (χ2n) is 4.31. The summed E-state index contributed by atoms with van der Waals surface area (Å²) in [5, 5.41) is 18.6. The third-order valence-electron chi connectivity index (χ3n) is 2.66. The van der Waals surface area contributed by atoms with Gasteiger partial charge in [-0.2, -0.15) is 5.10 Å². The fourth-order valence-corrected chi connectivity index (χ4v) is 2.41. The minimum absolute atomic E-state index is 0.00102. The molecule has 22 heavy (non-hydrogen) atoms. The van der Waals surface area contributed by atoms with Crippen LogP contribution in [0.15, 0.2) is 46.1 Å². The van der Waals surface area contributed by atoms with E-state index >= 15 is 0 Å². The molecule has 0 aliphatic heterocycles. The highest BCUT2D eigenvalue weighted by molar-refractivity contribution is 8.00. The summed E-state index contributed by atoms with van der Waals surface area (Å²) in [5.41, 5.74) is -0.356. The van der Waals surface area contributed by atoms with Crippen LogP contribution in [0.2, 0.25) is 0 Å². The number of hydrogen-bond donors (Lipinski definition) is 2. The molecule has 0 saturated carbocycles. The van der Waals surface area contributed by atoms with E-state index in [1.165, 1.54) is 36.0 Å². The second-order valence-corrected chi connectivity index (χ2v) is 5.72. The predicted octanol–water partition coefficient (Wildman–Crippen LogP) is 1.80. The predicted molar refractivity (Wildman–Crippen MR) is 81.9 cm³/mol. The van der Waals surface area contributed by atoms with Gasteiger partial charge in [0.2, 0.25) is 5.91 Å². The smallest absolute Gasteiger partial charge is 0.269 e. The Morgan fingerprint density at radius 3 is 2.55 bits per heavy atom. The van der Waals surface area contributed by atoms with Gasteiger partial charge in [-0.25, -0.2) is 5.10 Å². The summed E-state index contributed by atoms with van der Waals surface area (Å²) in [6.45, 7) is 1.70. The Balaban J connectivity index is 1.97. The standard InChI is InChI=1S/C13H12N4O4S/c1-8(13(19)14-11-6-7-12(18)16-15-11)22-10-4-2-9(3-5-10)17(20)21/h2-8H,1H3,(H,16,18)(H,14,15,19). The number of carbonyl (C=O) groups is 1. The topological polar surface area (TPSA) is 118 Å². The maximum atomic E-state index is 12.0. The van der Waals surface area contributed by atoms with Crippen LogP contribution in [0.5, 0.6) is 0 Å². The van der Waals surface area contributed by atoms with Gasteiger partial charge in [-0.1, -0.05) is 0 Å². The molecule has 2 N–H and O–H groups in total. The number of H-pyrrole nitrogens is 1. The molecule has 0 radical (unpaired) electrons. The van der Waals surface area contributed by atoms with Crippen LogP contribution in [0.1, 0.15) is 6.92 Å². The average Bonchev–Trinajstić information content (AvgIpc) is 2.50. The van der Waals surface area contributed by atoms with Crippen molar-refractivity contribution in [3.63, 3.8) is 0 Å². The van der Waals surface area contributed by atoms with Crippen LogP contribution in [0, 0.1) is 10.1 Å². The Kier molecular flexibility index (Phi) is 4.89. The van der Waals surface area contributed by atoms with Crippen molar-refractivity contribution in [3.8, 4) is 0 Å². The van der Waals surface area contributed by atoms with E-state index in [1.807, 2.05) is 0 Å². The molecule has 1 aromatic heterocycles. The lowest BCUT2D eigenvalue weighted by atomic mass is 10.3. The van der Waals surface area contributed by atoms with E-state index in [0.29, 0.717) is 0 Å². The number of nitrogens with zero attached hydrogens (tertiary/aromatic N) is 2. The Labute approximate surface area is 129 Å². The number of benzene rings is 1. The molecule has 114 valence electrons. The van der Waals surface area contributed by atoms with E-state index in [0.717, 1.165) is 4.90 Å². The molecule has 1 heterocycles. The fraction of sp³-hybridized carbons (Fsp3) is 0.154. The lowest BCUT2D eigenvalue weighted by Crippen LogP contribution is -2.23. The molecule has 2 rings (SSSR count). The van der Waals surface area contributed by atoms with Crippen molar-refractivity contribution in [2.75, 3.05) is 5.32 Å². The van der Waals surface area contributed by atoms with Crippen LogP contribution >= 0.6 is 11.8 Å². The summed E-state index contributed by atoms with van der Waals surface area (Å²) in [6, 6.07) is 8.61. The molecule has 1 atom stereocenters. The number of anilines is 1. The third-order valence-corrected chi connectivity index (χ3v) is 3.77. The molecule has 0 fully saturated rings. The van der Waals surface area contributed by atoms with Gasteiger partial charge >= 0.3 is 0 Å². The number of hydrogen-bond acceptors (Lipinski definition) is 6. The highest BCUT2D eigenvalue weighted by Crippen LogP contribution is 2.25. The summed E-state index contributed by atoms with van der Waals surface area (Å²) < 4.78 is 0. The number of aromatic amines is 1. The zero-order valence-corrected chi connectivity index (χ0v) is 12.3. The molecule has 8 nitrogen and oxygen atoms in total. The summed E-state index contributed by atoms with van der Waals surface area (Å²) in [6.07, 6.45) is 0. The summed E-state index contributed by atoms with van der Waals surface area (Å²) in [5.74, 6) is -0.0383. The van der Waals surface area contributed by atoms with Gasteiger partial charge < -0.3 is 5.32 Å². The van der Waals surface area contributed by atoms with Crippen molar-refractivity contribution in [2.45, 2.75) is 17.1 Å². The monoisotopic (exact) mass is 320 g/mol. The molecule has 1 amide bonds. The van der Waals surface area contributed by atoms with Crippen LogP contribution in [0.4, 0.5) is 11.5 Å². The number of aromatic nitrogens is 2. The Bertz CT molecular complexity index is 724. The molecule has 2 aromatic rings. The first-order chi connectivity index (χ1) is 10.5. The quantitative estimate of drug-likeness (QED) is 0.492. The van der Waals surface area contributed by atoms with E-state index in [9.17, 15) is 19.7 Å². The first-order valence-electron chi connectivity index (χ1n) is 6.23. The number of amides is 1. The molecule has 0 spiro atoms. The fourth-order valence-electron chi connectivity index (χ4n) is 1.55. The van der Waals surface area contributed by atoms with Gasteiger partial charge in [0.1, 0.15) is 0 Å². The molecule has 1 aromatic carbocycles. The minimum atomic E-state index is -0.480. The average molecular weight is 320 g/mol. The zero-order valence-electron chi connectivity index (χ0n) is 11.5. The Morgan fingerprint density at radius 1 is 1.32 bits per heavy atom. The second kappa shape index (κ2) is 6.85. The van der Waals surface area contributed by atoms with Gasteiger partial charge in [0, 0.05) is 23.1 Å². The highest BCUT2D eigenvalue weighted by Gasteiger charge is 2.15. The maximum Gasteiger partial charge on any atom is 0.269 e. The molecule has 0 aliphatic carbocycles. The van der Waals surface area contributed by atoms with Gasteiger partial charge in [0.05, 0.1) is 10.2 Å². The molecule has 0 saturated heterocycles. The molecule has 0 bridgehead atoms. The van der Waals surface area contributed by atoms with Gasteiger partial charge in [-0.3, -0.25) is 19.7 Å². The van der Waals surface area contributed by atoms with Crippen molar-refractivity contribution in [3.05, 3.63) is 56.9 Å². The van der Waals surface area contributed by atoms with E-state index in [2.05, 4.69) is 15.5 Å². The van der Waals surface area contributed by atoms with E-state index in [4.69, 9.17) is 0 Å². The van der Waals surface area contributed by atoms with Crippen molar-refractivity contribution < 1.29 is 9.72 Å². The largest absolute Gasteiger partial charge is 0.308 e. The first kappa shape index (κ1) is 15.7. The third kappa shape index (κ3) is 4.16. The van der Waals surface area contributed by atoms with Gasteiger partial charge in [0.25, 0.3) is 11.2 Å². The molecule has 1 unspecified atom stereocenters. The number of non-ortho nitro benzene ring substituents is 1. The lowest BCUT2D eigenvalue weighted by Gasteiger charge is -2.11. The lowest BCUT2D eigenvalue weighted by molar-refractivity contribution is -0.384. The minimum Gasteiger partial charge on any atom is -0.308 e. The zero-order chi connectivity index (χ0) is 16.1. The molecular formula is C13H12N4O4S. The van der Waals surface area contributed by atoms with Gasteiger partial charge in [-0.05, 0) is 25.1 Å². The van der Waals surface area contributed by atoms with Crippen LogP contribution in [-0.2, 0) is 4.79 Å². The molecule has 9 heteroatoms. The van der Waals surface area contributed by atoms with Gasteiger partial charge in [0.15, 0.2) is 5.82 Å². The van der Waals surface area contributed by atoms with E-state index < -0.39 is 10.2 Å². The first-order valence-corrected chi connectivity index (χ1v) is 7.11. The van der Waals surface area contributed by atoms with Crippen LogP contribution in [-0.4, -0.2) is 26.3 Å². The number of carbonyl (C=O) groups excluding carboxylic acids is 1. The number of nitro groups is 1. The maximum absolute atomic E-state index is 12.0. The Morgan fingerprint density at radius 2 is 2.00 bits per heavy atom. The van der Waals surface area contributed by atoms with Gasteiger partial charge in [-0.15, -0.1) is 11.8 Å². The van der Waals surface area contributed by atoms with Crippen LogP contribution in [0.25, 0.3) is 0 Å². The number of rotatable bonds is 5. The number of thioether (sulfide) groups is 1. The SMILES string of the molecule is CC(Sc1ccc([N+](=O)[O-])cc1)C(=O)Nc1ccc(=O)[nH]n1. The Hall–Kier alpha value is -2.68. The summed E-state index contributed by atoms with van der Waals surface area (Å²) in [7, 11) is 0.